The van der Waals surface area contributed by atoms with E-state index in [-0.39, 0.29) is 4.21 Å². The van der Waals surface area contributed by atoms with Gasteiger partial charge in [0.25, 0.3) is 15.9 Å². The number of ether oxygens (including phenoxy) is 1. The first-order chi connectivity index (χ1) is 14.5. The van der Waals surface area contributed by atoms with Crippen LogP contribution in [0.3, 0.4) is 0 Å². The van der Waals surface area contributed by atoms with E-state index in [1.54, 1.807) is 24.6 Å². The van der Waals surface area contributed by atoms with Crippen molar-refractivity contribution in [3.63, 3.8) is 0 Å². The first kappa shape index (κ1) is 21.5. The first-order valence-electron chi connectivity index (χ1n) is 9.15. The van der Waals surface area contributed by atoms with Crippen molar-refractivity contribution < 1.29 is 17.9 Å². The molecule has 0 aliphatic rings. The van der Waals surface area contributed by atoms with Crippen LogP contribution >= 0.6 is 11.3 Å². The Morgan fingerprint density at radius 2 is 1.70 bits per heavy atom. The lowest BCUT2D eigenvalue weighted by Crippen LogP contribution is -2.28. The number of carbonyl (C=O) groups is 1. The van der Waals surface area contributed by atoms with Crippen molar-refractivity contribution in [1.29, 1.82) is 0 Å². The molecule has 2 aromatic carbocycles. The predicted octanol–water partition coefficient (Wildman–Crippen LogP) is 4.53. The second kappa shape index (κ2) is 10.0. The van der Waals surface area contributed by atoms with Crippen molar-refractivity contribution in [2.75, 3.05) is 7.11 Å². The summed E-state index contributed by atoms with van der Waals surface area (Å²) in [4.78, 5) is 12.1. The van der Waals surface area contributed by atoms with Gasteiger partial charge in [-0.3, -0.25) is 4.79 Å². The van der Waals surface area contributed by atoms with Crippen LogP contribution < -0.4 is 9.46 Å². The predicted molar refractivity (Wildman–Crippen MR) is 121 cm³/mol. The van der Waals surface area contributed by atoms with Crippen molar-refractivity contribution in [1.82, 2.24) is 4.72 Å². The fourth-order valence-corrected chi connectivity index (χ4v) is 4.63. The Balaban J connectivity index is 1.66. The summed E-state index contributed by atoms with van der Waals surface area (Å²) in [7, 11) is -2.20. The van der Waals surface area contributed by atoms with Gasteiger partial charge < -0.3 is 4.74 Å². The van der Waals surface area contributed by atoms with Crippen molar-refractivity contribution in [2.24, 2.45) is 0 Å². The summed E-state index contributed by atoms with van der Waals surface area (Å²) >= 11 is 1.06. The molecule has 30 heavy (non-hydrogen) atoms. The molecule has 1 N–H and O–H groups in total. The zero-order chi connectivity index (χ0) is 21.4. The number of amides is 1. The van der Waals surface area contributed by atoms with E-state index in [1.807, 2.05) is 60.7 Å². The topological polar surface area (TPSA) is 72.5 Å². The first-order valence-corrected chi connectivity index (χ1v) is 11.5. The minimum Gasteiger partial charge on any atom is -0.497 e. The van der Waals surface area contributed by atoms with Crippen molar-refractivity contribution in [3.05, 3.63) is 94.9 Å². The lowest BCUT2D eigenvalue weighted by Gasteiger charge is -2.03. The quantitative estimate of drug-likeness (QED) is 0.524. The van der Waals surface area contributed by atoms with E-state index in [4.69, 9.17) is 4.74 Å². The van der Waals surface area contributed by atoms with Crippen LogP contribution in [0.15, 0.2) is 82.4 Å². The number of nitrogens with one attached hydrogen (secondary N) is 1. The Labute approximate surface area is 180 Å². The molecule has 0 saturated carbocycles. The number of rotatable bonds is 8. The molecule has 1 heterocycles. The second-order valence-electron chi connectivity index (χ2n) is 6.32. The summed E-state index contributed by atoms with van der Waals surface area (Å²) in [6.45, 7) is 0. The zero-order valence-electron chi connectivity index (χ0n) is 16.3. The molecular weight excluding hydrogens is 418 g/mol. The molecule has 154 valence electrons. The highest BCUT2D eigenvalue weighted by Crippen LogP contribution is 2.17. The summed E-state index contributed by atoms with van der Waals surface area (Å²) in [5.74, 6) is 0.123. The Hall–Kier alpha value is -3.16. The minimum atomic E-state index is -3.84. The molecule has 0 spiro atoms. The maximum Gasteiger partial charge on any atom is 0.273 e. The number of carbonyl (C=O) groups excluding carboxylic acids is 1. The maximum atomic E-state index is 12.1. The molecule has 0 saturated heterocycles. The monoisotopic (exact) mass is 439 g/mol. The van der Waals surface area contributed by atoms with E-state index in [0.717, 1.165) is 40.2 Å². The molecule has 0 atom stereocenters. The zero-order valence-corrected chi connectivity index (χ0v) is 17.9. The highest BCUT2D eigenvalue weighted by Gasteiger charge is 2.16. The normalized spacial score (nSPS) is 11.8. The van der Waals surface area contributed by atoms with Gasteiger partial charge in [-0.25, -0.2) is 13.1 Å². The number of allylic oxidation sites excluding steroid dienone is 1. The van der Waals surface area contributed by atoms with Crippen molar-refractivity contribution in [3.8, 4) is 5.75 Å². The molecule has 0 unspecified atom stereocenters. The summed E-state index contributed by atoms with van der Waals surface area (Å²) in [6.07, 6.45) is 7.59. The van der Waals surface area contributed by atoms with E-state index in [2.05, 4.69) is 4.72 Å². The largest absolute Gasteiger partial charge is 0.497 e. The Bertz CT molecular complexity index is 1150. The van der Waals surface area contributed by atoms with Crippen LogP contribution in [0.1, 0.15) is 16.7 Å². The fraction of sp³-hybridized carbons (Fsp3) is 0.0870. The lowest BCUT2D eigenvalue weighted by atomic mass is 10.0. The van der Waals surface area contributed by atoms with Crippen LogP contribution in [0.2, 0.25) is 0 Å². The van der Waals surface area contributed by atoms with Gasteiger partial charge in [0.15, 0.2) is 0 Å². The standard InChI is InChI=1S/C23H21NO4S2/c1-28-21-14-11-18(12-15-21)6-4-9-19-7-2-3-8-20(19)13-16-22(25)24-30(26,27)23-10-5-17-29-23/h2-5,7-17H,6H2,1H3,(H,24,25)/b9-4+,16-13+. The Morgan fingerprint density at radius 1 is 1.00 bits per heavy atom. The van der Waals surface area contributed by atoms with E-state index < -0.39 is 15.9 Å². The summed E-state index contributed by atoms with van der Waals surface area (Å²) in [5.41, 5.74) is 2.89. The van der Waals surface area contributed by atoms with Gasteiger partial charge in [-0.2, -0.15) is 0 Å². The van der Waals surface area contributed by atoms with Crippen LogP contribution in [0.4, 0.5) is 0 Å². The molecular formula is C23H21NO4S2. The van der Waals surface area contributed by atoms with Crippen LogP contribution in [0.25, 0.3) is 12.2 Å². The van der Waals surface area contributed by atoms with Gasteiger partial charge in [-0.15, -0.1) is 11.3 Å². The SMILES string of the molecule is COc1ccc(C/C=C/c2ccccc2/C=C/C(=O)NS(=O)(=O)c2cccs2)cc1. The molecule has 1 aromatic heterocycles. The third kappa shape index (κ3) is 5.92. The highest BCUT2D eigenvalue weighted by atomic mass is 32.2. The fourth-order valence-electron chi connectivity index (χ4n) is 2.70. The average Bonchev–Trinajstić information content (AvgIpc) is 3.29. The van der Waals surface area contributed by atoms with E-state index in [0.29, 0.717) is 0 Å². The van der Waals surface area contributed by atoms with Crippen LogP contribution in [0, 0.1) is 0 Å². The molecule has 0 aliphatic heterocycles. The van der Waals surface area contributed by atoms with Gasteiger partial charge in [-0.1, -0.05) is 54.6 Å². The van der Waals surface area contributed by atoms with Crippen LogP contribution in [-0.2, 0) is 21.2 Å². The molecule has 3 rings (SSSR count). The molecule has 0 bridgehead atoms. The third-order valence-electron chi connectivity index (χ3n) is 4.22. The number of hydrogen-bond donors (Lipinski definition) is 1. The molecule has 0 radical (unpaired) electrons. The van der Waals surface area contributed by atoms with E-state index >= 15 is 0 Å². The van der Waals surface area contributed by atoms with Crippen molar-refractivity contribution >= 4 is 39.4 Å². The van der Waals surface area contributed by atoms with Crippen molar-refractivity contribution in [2.45, 2.75) is 10.6 Å². The van der Waals surface area contributed by atoms with Gasteiger partial charge in [0.2, 0.25) is 0 Å². The molecule has 5 nitrogen and oxygen atoms in total. The number of thiophene rings is 1. The number of methoxy groups -OCH3 is 1. The maximum absolute atomic E-state index is 12.1. The van der Waals surface area contributed by atoms with Gasteiger partial charge in [0.1, 0.15) is 9.96 Å². The Morgan fingerprint density at radius 3 is 2.33 bits per heavy atom. The highest BCUT2D eigenvalue weighted by molar-refractivity contribution is 7.92. The number of benzene rings is 2. The second-order valence-corrected chi connectivity index (χ2v) is 9.18. The Kier molecular flexibility index (Phi) is 7.21. The molecule has 0 aliphatic carbocycles. The van der Waals surface area contributed by atoms with E-state index in [1.165, 1.54) is 12.1 Å². The van der Waals surface area contributed by atoms with Gasteiger partial charge in [0, 0.05) is 6.08 Å². The third-order valence-corrected chi connectivity index (χ3v) is 6.96. The number of hydrogen-bond acceptors (Lipinski definition) is 5. The van der Waals surface area contributed by atoms with Gasteiger partial charge >= 0.3 is 0 Å². The molecule has 0 fully saturated rings. The molecule has 3 aromatic rings. The van der Waals surface area contributed by atoms with E-state index in [9.17, 15) is 13.2 Å². The van der Waals surface area contributed by atoms with Crippen LogP contribution in [-0.4, -0.2) is 21.4 Å². The lowest BCUT2D eigenvalue weighted by molar-refractivity contribution is -0.114. The van der Waals surface area contributed by atoms with Gasteiger partial charge in [0.05, 0.1) is 7.11 Å². The molecule has 7 heteroatoms. The minimum absolute atomic E-state index is 0.103. The summed E-state index contributed by atoms with van der Waals surface area (Å²) in [6, 6.07) is 18.5. The van der Waals surface area contributed by atoms with Crippen LogP contribution in [0.5, 0.6) is 5.75 Å². The average molecular weight is 440 g/mol. The number of sulfonamides is 1. The molecule has 1 amide bonds. The summed E-state index contributed by atoms with van der Waals surface area (Å²) < 4.78 is 31.6. The smallest absolute Gasteiger partial charge is 0.273 e. The van der Waals surface area contributed by atoms with Gasteiger partial charge in [-0.05, 0) is 52.8 Å². The summed E-state index contributed by atoms with van der Waals surface area (Å²) in [5, 5.41) is 1.64.